The average molecular weight is 475 g/mol. The second-order valence-electron chi connectivity index (χ2n) is 8.12. The SMILES string of the molecule is O=C(C1CC(c2c[nH]c(=O)c(C(F)(F)F)c2)C1)N1CCN(c2ncc(C(F)(F)F)cn2)CC1. The number of pyridine rings is 1. The molecule has 0 spiro atoms. The van der Waals surface area contributed by atoms with Crippen molar-refractivity contribution in [3.8, 4) is 0 Å². The van der Waals surface area contributed by atoms with E-state index in [1.165, 1.54) is 6.20 Å². The van der Waals surface area contributed by atoms with E-state index in [1.807, 2.05) is 0 Å². The smallest absolute Gasteiger partial charge is 0.339 e. The molecule has 13 heteroatoms. The molecule has 2 aromatic heterocycles. The number of carbonyl (C=O) groups excluding carboxylic acids is 1. The summed E-state index contributed by atoms with van der Waals surface area (Å²) in [5.74, 6) is -0.541. The highest BCUT2D eigenvalue weighted by Gasteiger charge is 2.40. The van der Waals surface area contributed by atoms with Gasteiger partial charge in [-0.25, -0.2) is 9.97 Å². The molecule has 0 bridgehead atoms. The maximum absolute atomic E-state index is 12.9. The summed E-state index contributed by atoms with van der Waals surface area (Å²) in [4.78, 5) is 37.1. The number of alkyl halides is 6. The largest absolute Gasteiger partial charge is 0.421 e. The zero-order valence-electron chi connectivity index (χ0n) is 17.1. The predicted molar refractivity (Wildman–Crippen MR) is 103 cm³/mol. The van der Waals surface area contributed by atoms with Crippen LogP contribution in [0.4, 0.5) is 32.3 Å². The van der Waals surface area contributed by atoms with E-state index in [9.17, 15) is 35.9 Å². The maximum Gasteiger partial charge on any atom is 0.421 e. The van der Waals surface area contributed by atoms with Gasteiger partial charge in [-0.1, -0.05) is 0 Å². The molecule has 1 saturated carbocycles. The van der Waals surface area contributed by atoms with E-state index in [1.54, 1.807) is 9.80 Å². The van der Waals surface area contributed by atoms with Gasteiger partial charge in [-0.05, 0) is 30.4 Å². The number of H-pyrrole nitrogens is 1. The summed E-state index contributed by atoms with van der Waals surface area (Å²) in [6.45, 7) is 1.37. The Hall–Kier alpha value is -3.12. The van der Waals surface area contributed by atoms with Crippen LogP contribution in [-0.2, 0) is 17.1 Å². The molecule has 4 rings (SSSR count). The first-order valence-electron chi connectivity index (χ1n) is 10.2. The monoisotopic (exact) mass is 475 g/mol. The van der Waals surface area contributed by atoms with E-state index in [0.29, 0.717) is 44.6 Å². The lowest BCUT2D eigenvalue weighted by molar-refractivity contribution is -0.140. The fourth-order valence-corrected chi connectivity index (χ4v) is 4.05. The lowest BCUT2D eigenvalue weighted by Gasteiger charge is -2.41. The molecule has 33 heavy (non-hydrogen) atoms. The van der Waals surface area contributed by atoms with Crippen LogP contribution < -0.4 is 10.5 Å². The zero-order valence-corrected chi connectivity index (χ0v) is 17.1. The van der Waals surface area contributed by atoms with Gasteiger partial charge in [-0.15, -0.1) is 0 Å². The summed E-state index contributed by atoms with van der Waals surface area (Å²) in [5.41, 5.74) is -3.05. The molecule has 1 amide bonds. The van der Waals surface area contributed by atoms with Crippen molar-refractivity contribution in [3.63, 3.8) is 0 Å². The van der Waals surface area contributed by atoms with Crippen molar-refractivity contribution in [3.05, 3.63) is 51.7 Å². The topological polar surface area (TPSA) is 82.2 Å². The van der Waals surface area contributed by atoms with Crippen LogP contribution in [0.5, 0.6) is 0 Å². The molecule has 2 fully saturated rings. The summed E-state index contributed by atoms with van der Waals surface area (Å²) in [6, 6.07) is 0.840. The average Bonchev–Trinajstić information content (AvgIpc) is 2.72. The highest BCUT2D eigenvalue weighted by Crippen LogP contribution is 2.43. The molecule has 1 aliphatic heterocycles. The maximum atomic E-state index is 12.9. The number of hydrogen-bond donors (Lipinski definition) is 1. The van der Waals surface area contributed by atoms with E-state index in [2.05, 4.69) is 15.0 Å². The van der Waals surface area contributed by atoms with E-state index < -0.39 is 29.0 Å². The summed E-state index contributed by atoms with van der Waals surface area (Å²) in [6.07, 6.45) is -5.82. The lowest BCUT2D eigenvalue weighted by atomic mass is 9.71. The van der Waals surface area contributed by atoms with Gasteiger partial charge in [0.25, 0.3) is 5.56 Å². The van der Waals surface area contributed by atoms with Crippen molar-refractivity contribution < 1.29 is 31.1 Å². The van der Waals surface area contributed by atoms with Gasteiger partial charge in [0, 0.05) is 50.7 Å². The molecule has 0 atom stereocenters. The highest BCUT2D eigenvalue weighted by atomic mass is 19.4. The van der Waals surface area contributed by atoms with Crippen LogP contribution in [0.15, 0.2) is 29.5 Å². The highest BCUT2D eigenvalue weighted by molar-refractivity contribution is 5.80. The molecular weight excluding hydrogens is 456 g/mol. The molecule has 3 heterocycles. The Labute approximate surface area is 183 Å². The van der Waals surface area contributed by atoms with Crippen molar-refractivity contribution in [2.75, 3.05) is 31.1 Å². The van der Waals surface area contributed by atoms with Gasteiger partial charge in [-0.3, -0.25) is 9.59 Å². The number of nitrogens with one attached hydrogen (secondary N) is 1. The third kappa shape index (κ3) is 4.81. The van der Waals surface area contributed by atoms with Crippen molar-refractivity contribution in [1.82, 2.24) is 19.9 Å². The Kier molecular flexibility index (Phi) is 5.83. The predicted octanol–water partition coefficient (Wildman–Crippen LogP) is 3.04. The minimum atomic E-state index is -4.75. The first-order chi connectivity index (χ1) is 15.4. The first kappa shape index (κ1) is 23.1. The molecular formula is C20H19F6N5O2. The third-order valence-corrected chi connectivity index (χ3v) is 6.03. The number of anilines is 1. The summed E-state index contributed by atoms with van der Waals surface area (Å²) < 4.78 is 76.7. The minimum absolute atomic E-state index is 0.111. The molecule has 1 aliphatic carbocycles. The van der Waals surface area contributed by atoms with Crippen LogP contribution >= 0.6 is 0 Å². The minimum Gasteiger partial charge on any atom is -0.339 e. The molecule has 0 radical (unpaired) electrons. The standard InChI is InChI=1S/C20H19F6N5O2/c21-19(22,23)14-9-28-18(29-10-14)31-3-1-30(2-4-31)17(33)12-5-11(6-12)13-7-15(20(24,25)26)16(32)27-8-13/h7-12H,1-6H2,(H,27,32). The molecule has 2 aromatic rings. The number of amides is 1. The molecule has 178 valence electrons. The second kappa shape index (κ2) is 8.34. The third-order valence-electron chi connectivity index (χ3n) is 6.03. The number of halogens is 6. The van der Waals surface area contributed by atoms with E-state index in [0.717, 1.165) is 18.5 Å². The molecule has 2 aliphatic rings. The number of piperazine rings is 1. The number of rotatable bonds is 3. The first-order valence-corrected chi connectivity index (χ1v) is 10.2. The summed E-state index contributed by atoms with van der Waals surface area (Å²) in [5, 5.41) is 0. The van der Waals surface area contributed by atoms with Gasteiger partial charge >= 0.3 is 12.4 Å². The van der Waals surface area contributed by atoms with Crippen LogP contribution in [0.2, 0.25) is 0 Å². The molecule has 0 unspecified atom stereocenters. The number of nitrogens with zero attached hydrogens (tertiary/aromatic N) is 4. The van der Waals surface area contributed by atoms with Gasteiger partial charge in [0.05, 0.1) is 5.56 Å². The van der Waals surface area contributed by atoms with Crippen LogP contribution in [-0.4, -0.2) is 51.9 Å². The van der Waals surface area contributed by atoms with E-state index in [-0.39, 0.29) is 23.7 Å². The van der Waals surface area contributed by atoms with Gasteiger partial charge in [0.1, 0.15) is 5.56 Å². The second-order valence-corrected chi connectivity index (χ2v) is 8.12. The lowest BCUT2D eigenvalue weighted by Crippen LogP contribution is -2.52. The number of hydrogen-bond acceptors (Lipinski definition) is 5. The number of aromatic amines is 1. The van der Waals surface area contributed by atoms with Crippen LogP contribution in [0.25, 0.3) is 0 Å². The van der Waals surface area contributed by atoms with E-state index >= 15 is 0 Å². The van der Waals surface area contributed by atoms with Gasteiger partial charge in [0.2, 0.25) is 11.9 Å². The van der Waals surface area contributed by atoms with Gasteiger partial charge in [0.15, 0.2) is 0 Å². The normalized spacial score (nSPS) is 21.6. The fraction of sp³-hybridized carbons (Fsp3) is 0.500. The van der Waals surface area contributed by atoms with Gasteiger partial charge < -0.3 is 14.8 Å². The van der Waals surface area contributed by atoms with Crippen LogP contribution in [0.3, 0.4) is 0 Å². The Morgan fingerprint density at radius 3 is 2.12 bits per heavy atom. The summed E-state index contributed by atoms with van der Waals surface area (Å²) >= 11 is 0. The van der Waals surface area contributed by atoms with Crippen molar-refractivity contribution >= 4 is 11.9 Å². The zero-order chi connectivity index (χ0) is 24.0. The van der Waals surface area contributed by atoms with Crippen LogP contribution in [0.1, 0.15) is 35.4 Å². The molecule has 1 saturated heterocycles. The fourth-order valence-electron chi connectivity index (χ4n) is 4.05. The Morgan fingerprint density at radius 1 is 0.970 bits per heavy atom. The van der Waals surface area contributed by atoms with Crippen molar-refractivity contribution in [1.29, 1.82) is 0 Å². The number of carbonyl (C=O) groups is 1. The van der Waals surface area contributed by atoms with E-state index in [4.69, 9.17) is 0 Å². The summed E-state index contributed by atoms with van der Waals surface area (Å²) in [7, 11) is 0. The molecule has 7 nitrogen and oxygen atoms in total. The van der Waals surface area contributed by atoms with Gasteiger partial charge in [-0.2, -0.15) is 26.3 Å². The molecule has 0 aromatic carbocycles. The number of aromatic nitrogens is 3. The molecule has 1 N–H and O–H groups in total. The van der Waals surface area contributed by atoms with Crippen molar-refractivity contribution in [2.45, 2.75) is 31.1 Å². The Balaban J connectivity index is 1.31. The van der Waals surface area contributed by atoms with Crippen molar-refractivity contribution in [2.24, 2.45) is 5.92 Å². The quantitative estimate of drug-likeness (QED) is 0.691. The Bertz CT molecular complexity index is 1070. The Morgan fingerprint density at radius 2 is 1.58 bits per heavy atom. The van der Waals surface area contributed by atoms with Crippen LogP contribution in [0, 0.1) is 5.92 Å².